The van der Waals surface area contributed by atoms with Crippen molar-refractivity contribution in [3.8, 4) is 22.5 Å². The summed E-state index contributed by atoms with van der Waals surface area (Å²) < 4.78 is 0. The number of hydrogen-bond acceptors (Lipinski definition) is 5. The molecule has 0 unspecified atom stereocenters. The molecule has 0 bridgehead atoms. The van der Waals surface area contributed by atoms with E-state index in [9.17, 15) is 0 Å². The van der Waals surface area contributed by atoms with E-state index in [1.165, 1.54) is 5.56 Å². The quantitative estimate of drug-likeness (QED) is 0.294. The second-order valence-electron chi connectivity index (χ2n) is 8.08. The molecule has 7 heteroatoms. The van der Waals surface area contributed by atoms with Crippen LogP contribution in [0.25, 0.3) is 22.5 Å². The van der Waals surface area contributed by atoms with Crippen LogP contribution < -0.4 is 9.80 Å². The van der Waals surface area contributed by atoms with Crippen molar-refractivity contribution in [1.29, 1.82) is 0 Å². The monoisotopic (exact) mass is 505 g/mol. The molecule has 5 nitrogen and oxygen atoms in total. The van der Waals surface area contributed by atoms with Crippen molar-refractivity contribution >= 4 is 34.8 Å². The Hall–Kier alpha value is -3.15. The van der Waals surface area contributed by atoms with Crippen LogP contribution in [-0.4, -0.2) is 41.1 Å². The summed E-state index contributed by atoms with van der Waals surface area (Å²) in [5.41, 5.74) is 4.58. The summed E-state index contributed by atoms with van der Waals surface area (Å²) in [7, 11) is 0. The van der Waals surface area contributed by atoms with Crippen molar-refractivity contribution in [2.45, 2.75) is 20.8 Å². The Labute approximate surface area is 217 Å². The van der Waals surface area contributed by atoms with Crippen molar-refractivity contribution in [2.75, 3.05) is 36.0 Å². The number of benzene rings is 2. The van der Waals surface area contributed by atoms with Crippen molar-refractivity contribution in [2.24, 2.45) is 0 Å². The molecule has 1 aliphatic heterocycles. The van der Waals surface area contributed by atoms with Gasteiger partial charge in [0, 0.05) is 48.5 Å². The maximum atomic E-state index is 6.57. The van der Waals surface area contributed by atoms with E-state index in [1.807, 2.05) is 80.8 Å². The maximum Gasteiger partial charge on any atom is 0.147 e. The van der Waals surface area contributed by atoms with E-state index in [0.29, 0.717) is 10.0 Å². The third kappa shape index (κ3) is 5.75. The molecule has 0 aliphatic carbocycles. The summed E-state index contributed by atoms with van der Waals surface area (Å²) in [6, 6.07) is 19.5. The van der Waals surface area contributed by atoms with Crippen molar-refractivity contribution in [3.63, 3.8) is 0 Å². The average Bonchev–Trinajstić information content (AvgIpc) is 2.90. The Morgan fingerprint density at radius 3 is 2.06 bits per heavy atom. The van der Waals surface area contributed by atoms with E-state index < -0.39 is 0 Å². The number of piperazine rings is 1. The summed E-state index contributed by atoms with van der Waals surface area (Å²) in [4.78, 5) is 19.0. The Kier molecular flexibility index (Phi) is 8.21. The minimum Gasteiger partial charge on any atom is -0.353 e. The first-order valence-electron chi connectivity index (χ1n) is 11.9. The molecule has 35 heavy (non-hydrogen) atoms. The second-order valence-corrected chi connectivity index (χ2v) is 8.92. The molecule has 1 aliphatic rings. The molecule has 5 rings (SSSR count). The first-order valence-corrected chi connectivity index (χ1v) is 12.6. The summed E-state index contributed by atoms with van der Waals surface area (Å²) in [6.45, 7) is 9.52. The Bertz CT molecular complexity index is 1270. The SMILES string of the molecule is CC.Cc1ccnc(N2CCN(c3cnc(-c4ccc(Cl)cc4)c(-c4ccccc4Cl)n3)CC2)c1. The second kappa shape index (κ2) is 11.5. The molecular formula is C28H29Cl2N5. The van der Waals surface area contributed by atoms with Crippen molar-refractivity contribution < 1.29 is 0 Å². The number of aromatic nitrogens is 3. The highest BCUT2D eigenvalue weighted by atomic mass is 35.5. The van der Waals surface area contributed by atoms with E-state index in [0.717, 1.165) is 60.3 Å². The van der Waals surface area contributed by atoms with Crippen LogP contribution >= 0.6 is 23.2 Å². The number of hydrogen-bond donors (Lipinski definition) is 0. The van der Waals surface area contributed by atoms with Gasteiger partial charge in [-0.3, -0.25) is 4.98 Å². The summed E-state index contributed by atoms with van der Waals surface area (Å²) in [5.74, 6) is 1.87. The molecule has 3 heterocycles. The predicted molar refractivity (Wildman–Crippen MR) is 148 cm³/mol. The lowest BCUT2D eigenvalue weighted by Gasteiger charge is -2.36. The molecule has 0 radical (unpaired) electrons. The fraction of sp³-hybridized carbons (Fsp3) is 0.250. The average molecular weight is 506 g/mol. The molecule has 1 saturated heterocycles. The molecular weight excluding hydrogens is 477 g/mol. The van der Waals surface area contributed by atoms with E-state index in [-0.39, 0.29) is 0 Å². The van der Waals surface area contributed by atoms with Gasteiger partial charge in [0.05, 0.1) is 16.9 Å². The van der Waals surface area contributed by atoms with Crippen LogP contribution in [0.1, 0.15) is 19.4 Å². The topological polar surface area (TPSA) is 45.2 Å². The van der Waals surface area contributed by atoms with Crippen LogP contribution in [0.15, 0.2) is 73.1 Å². The minimum absolute atomic E-state index is 0.648. The molecule has 180 valence electrons. The van der Waals surface area contributed by atoms with Gasteiger partial charge in [-0.2, -0.15) is 0 Å². The van der Waals surface area contributed by atoms with Gasteiger partial charge in [-0.05, 0) is 42.8 Å². The Morgan fingerprint density at radius 1 is 0.743 bits per heavy atom. The van der Waals surface area contributed by atoms with Gasteiger partial charge in [-0.1, -0.05) is 67.4 Å². The summed E-state index contributed by atoms with van der Waals surface area (Å²) in [5, 5.41) is 1.33. The van der Waals surface area contributed by atoms with Gasteiger partial charge >= 0.3 is 0 Å². The van der Waals surface area contributed by atoms with Crippen molar-refractivity contribution in [3.05, 3.63) is 88.7 Å². The van der Waals surface area contributed by atoms with Crippen LogP contribution in [0.3, 0.4) is 0 Å². The molecule has 0 amide bonds. The molecule has 0 N–H and O–H groups in total. The van der Waals surface area contributed by atoms with Gasteiger partial charge < -0.3 is 9.80 Å². The van der Waals surface area contributed by atoms with Gasteiger partial charge in [0.2, 0.25) is 0 Å². The van der Waals surface area contributed by atoms with Crippen LogP contribution in [0, 0.1) is 6.92 Å². The summed E-state index contributed by atoms with van der Waals surface area (Å²) >= 11 is 12.7. The highest BCUT2D eigenvalue weighted by Crippen LogP contribution is 2.35. The fourth-order valence-electron chi connectivity index (χ4n) is 4.05. The van der Waals surface area contributed by atoms with Gasteiger partial charge in [-0.15, -0.1) is 0 Å². The normalized spacial score (nSPS) is 13.3. The number of aryl methyl sites for hydroxylation is 1. The van der Waals surface area contributed by atoms with E-state index in [4.69, 9.17) is 33.2 Å². The number of pyridine rings is 1. The van der Waals surface area contributed by atoms with Crippen LogP contribution in [0.2, 0.25) is 10.0 Å². The van der Waals surface area contributed by atoms with E-state index >= 15 is 0 Å². The van der Waals surface area contributed by atoms with Gasteiger partial charge in [0.15, 0.2) is 0 Å². The fourth-order valence-corrected chi connectivity index (χ4v) is 4.40. The zero-order valence-electron chi connectivity index (χ0n) is 20.2. The van der Waals surface area contributed by atoms with Crippen LogP contribution in [0.4, 0.5) is 11.6 Å². The lowest BCUT2D eigenvalue weighted by atomic mass is 10.0. The molecule has 0 atom stereocenters. The first-order chi connectivity index (χ1) is 17.1. The molecule has 4 aromatic rings. The van der Waals surface area contributed by atoms with Crippen LogP contribution in [-0.2, 0) is 0 Å². The zero-order valence-corrected chi connectivity index (χ0v) is 21.8. The number of anilines is 2. The van der Waals surface area contributed by atoms with E-state index in [2.05, 4.69) is 27.8 Å². The zero-order chi connectivity index (χ0) is 24.8. The maximum absolute atomic E-state index is 6.57. The molecule has 0 spiro atoms. The molecule has 2 aromatic carbocycles. The third-order valence-corrected chi connectivity index (χ3v) is 6.42. The van der Waals surface area contributed by atoms with Crippen LogP contribution in [0.5, 0.6) is 0 Å². The van der Waals surface area contributed by atoms with Gasteiger partial charge in [0.25, 0.3) is 0 Å². The molecule has 0 saturated carbocycles. The highest BCUT2D eigenvalue weighted by Gasteiger charge is 2.22. The standard InChI is InChI=1S/C26H23Cl2N5.C2H6/c1-18-10-11-29-23(16-18)32-12-14-33(15-13-32)24-17-30-25(19-6-8-20(27)9-7-19)26(31-24)21-4-2-3-5-22(21)28;1-2/h2-11,16-17H,12-15H2,1H3;1-2H3. The number of rotatable bonds is 4. The Balaban J connectivity index is 0.00000141. The third-order valence-electron chi connectivity index (χ3n) is 5.84. The first kappa shape index (κ1) is 25.0. The van der Waals surface area contributed by atoms with Gasteiger partial charge in [0.1, 0.15) is 17.3 Å². The predicted octanol–water partition coefficient (Wildman–Crippen LogP) is 7.17. The smallest absolute Gasteiger partial charge is 0.147 e. The highest BCUT2D eigenvalue weighted by molar-refractivity contribution is 6.33. The minimum atomic E-state index is 0.648. The lowest BCUT2D eigenvalue weighted by molar-refractivity contribution is 0.641. The number of nitrogens with zero attached hydrogens (tertiary/aromatic N) is 5. The lowest BCUT2D eigenvalue weighted by Crippen LogP contribution is -2.47. The van der Waals surface area contributed by atoms with Gasteiger partial charge in [-0.25, -0.2) is 9.97 Å². The molecule has 1 fully saturated rings. The summed E-state index contributed by atoms with van der Waals surface area (Å²) in [6.07, 6.45) is 3.72. The largest absolute Gasteiger partial charge is 0.353 e. The Morgan fingerprint density at radius 2 is 1.40 bits per heavy atom. The van der Waals surface area contributed by atoms with Crippen molar-refractivity contribution in [1.82, 2.24) is 15.0 Å². The van der Waals surface area contributed by atoms with E-state index in [1.54, 1.807) is 0 Å². The number of halogens is 2. The molecule has 2 aromatic heterocycles.